The molecule has 1 aliphatic rings. The Bertz CT molecular complexity index is 675. The standard InChI is InChI=1S/C14H24N4O4S/c1-10-14(23(20,21)17(3)4)11(2)18(16-10)9-13(19)15-8-12-6-5-7-22-12/h12H,5-9H2,1-4H3,(H,15,19). The van der Waals surface area contributed by atoms with Crippen LogP contribution in [0.5, 0.6) is 0 Å². The van der Waals surface area contributed by atoms with E-state index in [0.717, 1.165) is 23.8 Å². The SMILES string of the molecule is Cc1nn(CC(=O)NCC2CCCO2)c(C)c1S(=O)(=O)N(C)C. The summed E-state index contributed by atoms with van der Waals surface area (Å²) in [5.41, 5.74) is 0.853. The van der Waals surface area contributed by atoms with Crippen LogP contribution in [0.1, 0.15) is 24.2 Å². The minimum absolute atomic E-state index is 0.0116. The number of carbonyl (C=O) groups excluding carboxylic acids is 1. The molecule has 1 N–H and O–H groups in total. The van der Waals surface area contributed by atoms with Crippen LogP contribution in [0, 0.1) is 13.8 Å². The van der Waals surface area contributed by atoms with E-state index in [1.165, 1.54) is 18.8 Å². The first-order valence-corrected chi connectivity index (χ1v) is 9.02. The number of rotatable bonds is 6. The van der Waals surface area contributed by atoms with Crippen molar-refractivity contribution < 1.29 is 17.9 Å². The first-order chi connectivity index (χ1) is 10.7. The van der Waals surface area contributed by atoms with Gasteiger partial charge < -0.3 is 10.1 Å². The van der Waals surface area contributed by atoms with Crippen molar-refractivity contribution in [3.63, 3.8) is 0 Å². The Hall–Kier alpha value is -1.45. The smallest absolute Gasteiger partial charge is 0.246 e. The van der Waals surface area contributed by atoms with Gasteiger partial charge in [-0.2, -0.15) is 5.10 Å². The van der Waals surface area contributed by atoms with Crippen LogP contribution >= 0.6 is 0 Å². The first kappa shape index (κ1) is 17.9. The van der Waals surface area contributed by atoms with Crippen molar-refractivity contribution in [1.82, 2.24) is 19.4 Å². The van der Waals surface area contributed by atoms with E-state index in [0.29, 0.717) is 17.9 Å². The summed E-state index contributed by atoms with van der Waals surface area (Å²) in [6.07, 6.45) is 2.04. The quantitative estimate of drug-likeness (QED) is 0.787. The molecule has 1 saturated heterocycles. The summed E-state index contributed by atoms with van der Waals surface area (Å²) in [6.45, 7) is 4.49. The summed E-state index contributed by atoms with van der Waals surface area (Å²) in [4.78, 5) is 12.2. The topological polar surface area (TPSA) is 93.5 Å². The summed E-state index contributed by atoms with van der Waals surface area (Å²) in [5, 5.41) is 7.00. The molecular formula is C14H24N4O4S. The zero-order valence-electron chi connectivity index (χ0n) is 14.0. The fourth-order valence-electron chi connectivity index (χ4n) is 2.62. The van der Waals surface area contributed by atoms with Crippen LogP contribution in [0.4, 0.5) is 0 Å². The lowest BCUT2D eigenvalue weighted by molar-refractivity contribution is -0.122. The van der Waals surface area contributed by atoms with Crippen LogP contribution in [0.3, 0.4) is 0 Å². The van der Waals surface area contributed by atoms with Gasteiger partial charge in [0.2, 0.25) is 15.9 Å². The number of amides is 1. The Morgan fingerprint density at radius 2 is 2.13 bits per heavy atom. The van der Waals surface area contributed by atoms with Gasteiger partial charge in [-0.3, -0.25) is 9.48 Å². The number of nitrogens with zero attached hydrogens (tertiary/aromatic N) is 3. The third-order valence-corrected chi connectivity index (χ3v) is 5.97. The maximum absolute atomic E-state index is 12.3. The van der Waals surface area contributed by atoms with Crippen molar-refractivity contribution >= 4 is 15.9 Å². The van der Waals surface area contributed by atoms with Crippen LogP contribution in [0.2, 0.25) is 0 Å². The molecule has 0 aliphatic carbocycles. The van der Waals surface area contributed by atoms with E-state index < -0.39 is 10.0 Å². The fraction of sp³-hybridized carbons (Fsp3) is 0.714. The molecule has 0 radical (unpaired) electrons. The Labute approximate surface area is 136 Å². The third kappa shape index (κ3) is 3.91. The van der Waals surface area contributed by atoms with Gasteiger partial charge >= 0.3 is 0 Å². The lowest BCUT2D eigenvalue weighted by Crippen LogP contribution is -2.34. The van der Waals surface area contributed by atoms with Crippen molar-refractivity contribution in [3.05, 3.63) is 11.4 Å². The average Bonchev–Trinajstić information content (AvgIpc) is 3.05. The minimum Gasteiger partial charge on any atom is -0.376 e. The molecule has 1 unspecified atom stereocenters. The molecule has 1 aromatic rings. The monoisotopic (exact) mass is 344 g/mol. The molecule has 23 heavy (non-hydrogen) atoms. The van der Waals surface area contributed by atoms with E-state index >= 15 is 0 Å². The van der Waals surface area contributed by atoms with Crippen molar-refractivity contribution in [2.45, 2.75) is 44.2 Å². The van der Waals surface area contributed by atoms with Gasteiger partial charge in [0, 0.05) is 27.2 Å². The highest BCUT2D eigenvalue weighted by molar-refractivity contribution is 7.89. The number of aryl methyl sites for hydroxylation is 1. The van der Waals surface area contributed by atoms with Gasteiger partial charge in [-0.25, -0.2) is 12.7 Å². The molecule has 0 spiro atoms. The molecule has 130 valence electrons. The Kier molecular flexibility index (Phi) is 5.43. The van der Waals surface area contributed by atoms with Crippen molar-refractivity contribution in [2.24, 2.45) is 0 Å². The van der Waals surface area contributed by atoms with E-state index in [9.17, 15) is 13.2 Å². The fourth-order valence-corrected chi connectivity index (χ4v) is 3.87. The normalized spacial score (nSPS) is 18.6. The highest BCUT2D eigenvalue weighted by atomic mass is 32.2. The second-order valence-corrected chi connectivity index (χ2v) is 7.97. The number of hydrogen-bond donors (Lipinski definition) is 1. The van der Waals surface area contributed by atoms with Crippen LogP contribution in [-0.2, 0) is 26.1 Å². The van der Waals surface area contributed by atoms with E-state index in [1.54, 1.807) is 13.8 Å². The summed E-state index contributed by atoms with van der Waals surface area (Å²) in [5.74, 6) is -0.208. The van der Waals surface area contributed by atoms with Gasteiger partial charge in [-0.05, 0) is 26.7 Å². The van der Waals surface area contributed by atoms with E-state index in [4.69, 9.17) is 4.74 Å². The van der Waals surface area contributed by atoms with Crippen molar-refractivity contribution in [3.8, 4) is 0 Å². The maximum atomic E-state index is 12.3. The molecule has 0 bridgehead atoms. The Morgan fingerprint density at radius 3 is 2.70 bits per heavy atom. The lowest BCUT2D eigenvalue weighted by Gasteiger charge is -2.12. The van der Waals surface area contributed by atoms with E-state index in [1.807, 2.05) is 0 Å². The second kappa shape index (κ2) is 6.98. The van der Waals surface area contributed by atoms with Gasteiger partial charge in [0.05, 0.1) is 17.5 Å². The number of sulfonamides is 1. The molecule has 1 amide bonds. The summed E-state index contributed by atoms with van der Waals surface area (Å²) >= 11 is 0. The number of ether oxygens (including phenoxy) is 1. The average molecular weight is 344 g/mol. The zero-order valence-corrected chi connectivity index (χ0v) is 14.8. The van der Waals surface area contributed by atoms with Crippen molar-refractivity contribution in [1.29, 1.82) is 0 Å². The van der Waals surface area contributed by atoms with Gasteiger partial charge in [-0.15, -0.1) is 0 Å². The van der Waals surface area contributed by atoms with Gasteiger partial charge in [0.1, 0.15) is 11.4 Å². The van der Waals surface area contributed by atoms with Crippen LogP contribution in [-0.4, -0.2) is 61.8 Å². The largest absolute Gasteiger partial charge is 0.376 e. The molecule has 0 aromatic carbocycles. The van der Waals surface area contributed by atoms with Gasteiger partial charge in [0.15, 0.2) is 0 Å². The predicted molar refractivity (Wildman–Crippen MR) is 84.6 cm³/mol. The van der Waals surface area contributed by atoms with Crippen LogP contribution in [0.15, 0.2) is 4.90 Å². The summed E-state index contributed by atoms with van der Waals surface area (Å²) < 4.78 is 32.7. The van der Waals surface area contributed by atoms with Crippen LogP contribution in [0.25, 0.3) is 0 Å². The minimum atomic E-state index is -3.58. The molecule has 2 heterocycles. The number of carbonyl (C=O) groups is 1. The lowest BCUT2D eigenvalue weighted by atomic mass is 10.2. The zero-order chi connectivity index (χ0) is 17.2. The molecule has 2 rings (SSSR count). The number of hydrogen-bond acceptors (Lipinski definition) is 5. The molecule has 1 atom stereocenters. The Balaban J connectivity index is 2.07. The maximum Gasteiger partial charge on any atom is 0.246 e. The van der Waals surface area contributed by atoms with Gasteiger partial charge in [-0.1, -0.05) is 0 Å². The number of nitrogens with one attached hydrogen (secondary N) is 1. The highest BCUT2D eigenvalue weighted by Crippen LogP contribution is 2.21. The first-order valence-electron chi connectivity index (χ1n) is 7.58. The van der Waals surface area contributed by atoms with E-state index in [2.05, 4.69) is 10.4 Å². The third-order valence-electron chi connectivity index (χ3n) is 3.90. The van der Waals surface area contributed by atoms with E-state index in [-0.39, 0.29) is 23.5 Å². The molecule has 1 aromatic heterocycles. The molecule has 1 fully saturated rings. The van der Waals surface area contributed by atoms with Crippen molar-refractivity contribution in [2.75, 3.05) is 27.2 Å². The Morgan fingerprint density at radius 1 is 1.43 bits per heavy atom. The molecule has 1 aliphatic heterocycles. The molecule has 9 heteroatoms. The summed E-state index contributed by atoms with van der Waals surface area (Å²) in [7, 11) is -0.636. The number of aromatic nitrogens is 2. The highest BCUT2D eigenvalue weighted by Gasteiger charge is 2.27. The summed E-state index contributed by atoms with van der Waals surface area (Å²) in [6, 6.07) is 0. The second-order valence-electron chi connectivity index (χ2n) is 5.88. The molecular weight excluding hydrogens is 320 g/mol. The molecule has 0 saturated carbocycles. The molecule has 8 nitrogen and oxygen atoms in total. The predicted octanol–water partition coefficient (Wildman–Crippen LogP) is 0.0454. The van der Waals surface area contributed by atoms with Gasteiger partial charge in [0.25, 0.3) is 0 Å². The van der Waals surface area contributed by atoms with Crippen LogP contribution < -0.4 is 5.32 Å².